The topological polar surface area (TPSA) is 62.7 Å². The van der Waals surface area contributed by atoms with E-state index in [1.165, 1.54) is 16.2 Å². The van der Waals surface area contributed by atoms with E-state index in [-0.39, 0.29) is 17.9 Å². The lowest BCUT2D eigenvalue weighted by molar-refractivity contribution is -0.126. The maximum absolute atomic E-state index is 12.9. The molecule has 0 N–H and O–H groups in total. The fraction of sp³-hybridized carbons (Fsp3) is 0.353. The van der Waals surface area contributed by atoms with Crippen molar-refractivity contribution in [3.05, 3.63) is 41.9 Å². The van der Waals surface area contributed by atoms with E-state index in [1.54, 1.807) is 16.6 Å². The van der Waals surface area contributed by atoms with Gasteiger partial charge < -0.3 is 0 Å². The number of fused-ring (bicyclic) bond motifs is 1. The lowest BCUT2D eigenvalue weighted by Gasteiger charge is -2.27. The molecule has 1 aromatic carbocycles. The first-order valence-electron chi connectivity index (χ1n) is 8.00. The third-order valence-electron chi connectivity index (χ3n) is 4.44. The van der Waals surface area contributed by atoms with Crippen LogP contribution in [0.4, 0.5) is 10.8 Å². The number of hydrogen-bond acceptors (Lipinski definition) is 6. The number of hydrogen-bond donors (Lipinski definition) is 0. The summed E-state index contributed by atoms with van der Waals surface area (Å²) in [5.74, 6) is -1.02. The molecule has 2 amide bonds. The molecule has 1 aromatic heterocycles. The number of para-hydroxylation sites is 1. The van der Waals surface area contributed by atoms with Crippen LogP contribution in [0.15, 0.2) is 41.9 Å². The molecule has 2 fully saturated rings. The lowest BCUT2D eigenvalue weighted by Crippen LogP contribution is -2.40. The minimum Gasteiger partial charge on any atom is -0.273 e. The number of benzene rings is 1. The van der Waals surface area contributed by atoms with E-state index in [9.17, 15) is 9.59 Å². The third-order valence-corrected chi connectivity index (χ3v) is 5.20. The van der Waals surface area contributed by atoms with Gasteiger partial charge in [0.1, 0.15) is 0 Å². The van der Waals surface area contributed by atoms with Gasteiger partial charge in [-0.2, -0.15) is 0 Å². The molecule has 4 rings (SSSR count). The summed E-state index contributed by atoms with van der Waals surface area (Å²) in [6.07, 6.45) is 2.51. The standard InChI is InChI=1S/C17H17N3O3S/c1-2-6-12-13-14(23-20(12)11-7-4-3-5-8-11)16(22)19(15(13)21)17-18-9-10-24-17/h3-5,7-10,12-14H,2,6H2,1H3. The number of hydroxylamine groups is 1. The number of anilines is 2. The van der Waals surface area contributed by atoms with Crippen LogP contribution in [0.3, 0.4) is 0 Å². The molecule has 0 saturated carbocycles. The Hall–Kier alpha value is -2.25. The van der Waals surface area contributed by atoms with Gasteiger partial charge in [-0.15, -0.1) is 11.3 Å². The van der Waals surface area contributed by atoms with E-state index >= 15 is 0 Å². The highest BCUT2D eigenvalue weighted by atomic mass is 32.1. The molecule has 3 heterocycles. The Morgan fingerprint density at radius 1 is 1.21 bits per heavy atom. The highest BCUT2D eigenvalue weighted by molar-refractivity contribution is 7.14. The zero-order valence-corrected chi connectivity index (χ0v) is 14.0. The fourth-order valence-electron chi connectivity index (χ4n) is 3.43. The summed E-state index contributed by atoms with van der Waals surface area (Å²) in [5.41, 5.74) is 0.867. The Bertz CT molecular complexity index is 750. The van der Waals surface area contributed by atoms with Crippen LogP contribution < -0.4 is 9.96 Å². The third kappa shape index (κ3) is 2.23. The summed E-state index contributed by atoms with van der Waals surface area (Å²) in [4.78, 5) is 36.9. The van der Waals surface area contributed by atoms with Gasteiger partial charge in [-0.3, -0.25) is 14.4 Å². The average Bonchev–Trinajstić information content (AvgIpc) is 3.28. The summed E-state index contributed by atoms with van der Waals surface area (Å²) in [6.45, 7) is 2.07. The zero-order chi connectivity index (χ0) is 16.7. The van der Waals surface area contributed by atoms with E-state index in [4.69, 9.17) is 4.84 Å². The summed E-state index contributed by atoms with van der Waals surface area (Å²) in [6, 6.07) is 9.47. The van der Waals surface area contributed by atoms with Crippen molar-refractivity contribution in [2.45, 2.75) is 31.9 Å². The number of nitrogens with zero attached hydrogens (tertiary/aromatic N) is 3. The van der Waals surface area contributed by atoms with Gasteiger partial charge in [0, 0.05) is 11.6 Å². The van der Waals surface area contributed by atoms with Crippen LogP contribution in [-0.2, 0) is 14.4 Å². The number of imide groups is 1. The lowest BCUT2D eigenvalue weighted by atomic mass is 9.93. The Kier molecular flexibility index (Phi) is 3.82. The molecule has 2 aromatic rings. The van der Waals surface area contributed by atoms with Gasteiger partial charge in [-0.05, 0) is 18.6 Å². The van der Waals surface area contributed by atoms with Crippen LogP contribution >= 0.6 is 11.3 Å². The monoisotopic (exact) mass is 343 g/mol. The van der Waals surface area contributed by atoms with Crippen LogP contribution in [0.25, 0.3) is 0 Å². The van der Waals surface area contributed by atoms with Crippen molar-refractivity contribution in [2.24, 2.45) is 5.92 Å². The second-order valence-corrected chi connectivity index (χ2v) is 6.77. The van der Waals surface area contributed by atoms with Crippen LogP contribution in [0.1, 0.15) is 19.8 Å². The first kappa shape index (κ1) is 15.3. The Balaban J connectivity index is 1.69. The van der Waals surface area contributed by atoms with Gasteiger partial charge in [0.2, 0.25) is 5.91 Å². The van der Waals surface area contributed by atoms with Crippen LogP contribution in [0.5, 0.6) is 0 Å². The van der Waals surface area contributed by atoms with Gasteiger partial charge in [-0.1, -0.05) is 31.5 Å². The van der Waals surface area contributed by atoms with E-state index < -0.39 is 12.0 Å². The number of amides is 2. The number of carbonyl (C=O) groups excluding carboxylic acids is 2. The van der Waals surface area contributed by atoms with Crippen molar-refractivity contribution in [3.8, 4) is 0 Å². The van der Waals surface area contributed by atoms with Crippen LogP contribution in [0.2, 0.25) is 0 Å². The maximum atomic E-state index is 12.9. The minimum absolute atomic E-state index is 0.149. The van der Waals surface area contributed by atoms with Gasteiger partial charge in [0.25, 0.3) is 5.91 Å². The molecule has 24 heavy (non-hydrogen) atoms. The molecule has 3 atom stereocenters. The number of rotatable bonds is 4. The van der Waals surface area contributed by atoms with Crippen LogP contribution in [0, 0.1) is 5.92 Å². The van der Waals surface area contributed by atoms with Gasteiger partial charge >= 0.3 is 0 Å². The molecule has 3 unspecified atom stereocenters. The van der Waals surface area contributed by atoms with Crippen molar-refractivity contribution in [3.63, 3.8) is 0 Å². The summed E-state index contributed by atoms with van der Waals surface area (Å²) >= 11 is 1.28. The largest absolute Gasteiger partial charge is 0.273 e. The van der Waals surface area contributed by atoms with Crippen molar-refractivity contribution < 1.29 is 14.4 Å². The second-order valence-electron chi connectivity index (χ2n) is 5.90. The molecule has 124 valence electrons. The minimum atomic E-state index is -0.766. The molecule has 0 bridgehead atoms. The van der Waals surface area contributed by atoms with E-state index in [2.05, 4.69) is 11.9 Å². The first-order chi connectivity index (χ1) is 11.7. The molecule has 0 radical (unpaired) electrons. The molecule has 7 heteroatoms. The maximum Gasteiger partial charge on any atom is 0.268 e. The quantitative estimate of drug-likeness (QED) is 0.799. The van der Waals surface area contributed by atoms with Gasteiger partial charge in [0.15, 0.2) is 11.2 Å². The predicted octanol–water partition coefficient (Wildman–Crippen LogP) is 2.62. The van der Waals surface area contributed by atoms with E-state index in [0.29, 0.717) is 5.13 Å². The summed E-state index contributed by atoms with van der Waals surface area (Å²) in [7, 11) is 0. The van der Waals surface area contributed by atoms with Crippen LogP contribution in [-0.4, -0.2) is 28.9 Å². The molecule has 0 spiro atoms. The van der Waals surface area contributed by atoms with Gasteiger partial charge in [-0.25, -0.2) is 14.9 Å². The van der Waals surface area contributed by atoms with Crippen molar-refractivity contribution in [2.75, 3.05) is 9.96 Å². The zero-order valence-electron chi connectivity index (χ0n) is 13.2. The fourth-order valence-corrected chi connectivity index (χ4v) is 4.08. The second kappa shape index (κ2) is 5.99. The smallest absolute Gasteiger partial charge is 0.268 e. The average molecular weight is 343 g/mol. The molecular weight excluding hydrogens is 326 g/mol. The highest BCUT2D eigenvalue weighted by Crippen LogP contribution is 2.41. The van der Waals surface area contributed by atoms with Crippen molar-refractivity contribution in [1.29, 1.82) is 0 Å². The molecule has 2 aliphatic heterocycles. The molecular formula is C17H17N3O3S. The first-order valence-corrected chi connectivity index (χ1v) is 8.88. The van der Waals surface area contributed by atoms with Crippen molar-refractivity contribution in [1.82, 2.24) is 4.98 Å². The summed E-state index contributed by atoms with van der Waals surface area (Å²) < 4.78 is 0. The Morgan fingerprint density at radius 3 is 2.67 bits per heavy atom. The predicted molar refractivity (Wildman–Crippen MR) is 90.6 cm³/mol. The number of carbonyl (C=O) groups is 2. The molecule has 2 aliphatic rings. The highest BCUT2D eigenvalue weighted by Gasteiger charge is 2.60. The van der Waals surface area contributed by atoms with E-state index in [0.717, 1.165) is 18.5 Å². The molecule has 2 saturated heterocycles. The van der Waals surface area contributed by atoms with Crippen molar-refractivity contribution >= 4 is 34.0 Å². The SMILES string of the molecule is CCCC1C2C(=O)N(c3nccs3)C(=O)C2ON1c1ccccc1. The molecule has 0 aliphatic carbocycles. The Morgan fingerprint density at radius 2 is 2.00 bits per heavy atom. The molecule has 6 nitrogen and oxygen atoms in total. The number of aromatic nitrogens is 1. The summed E-state index contributed by atoms with van der Waals surface area (Å²) in [5, 5.41) is 3.92. The Labute approximate surface area is 143 Å². The van der Waals surface area contributed by atoms with Gasteiger partial charge in [0.05, 0.1) is 17.6 Å². The number of thiazole rings is 1. The van der Waals surface area contributed by atoms with E-state index in [1.807, 2.05) is 30.3 Å². The normalized spacial score (nSPS) is 26.3.